The molecule has 0 N–H and O–H groups in total. The van der Waals surface area contributed by atoms with Gasteiger partial charge in [0.15, 0.2) is 0 Å². The van der Waals surface area contributed by atoms with Crippen LogP contribution in [0.3, 0.4) is 0 Å². The molecule has 0 spiro atoms. The quantitative estimate of drug-likeness (QED) is 0.332. The smallest absolute Gasteiger partial charge is 0.212 e. The summed E-state index contributed by atoms with van der Waals surface area (Å²) in [6, 6.07) is 0. The van der Waals surface area contributed by atoms with Gasteiger partial charge < -0.3 is 9.59 Å². The van der Waals surface area contributed by atoms with Crippen LogP contribution in [0.4, 0.5) is 0 Å². The van der Waals surface area contributed by atoms with Crippen molar-refractivity contribution in [2.24, 2.45) is 10.8 Å². The minimum atomic E-state index is -1.30. The minimum Gasteiger partial charge on any atom is -0.302 e. The second kappa shape index (κ2) is 8.08. The third-order valence-corrected chi connectivity index (χ3v) is 3.86. The van der Waals surface area contributed by atoms with Gasteiger partial charge in [-0.05, 0) is 26.7 Å². The van der Waals surface area contributed by atoms with Gasteiger partial charge in [-0.1, -0.05) is 39.5 Å². The first-order valence-corrected chi connectivity index (χ1v) is 7.33. The van der Waals surface area contributed by atoms with E-state index in [-0.39, 0.29) is 0 Å². The molecule has 0 aliphatic heterocycles. The van der Waals surface area contributed by atoms with E-state index in [1.807, 2.05) is 13.8 Å². The Kier molecular flexibility index (Phi) is 7.54. The van der Waals surface area contributed by atoms with Crippen LogP contribution in [0, 0.1) is 10.8 Å². The van der Waals surface area contributed by atoms with Crippen LogP contribution in [-0.4, -0.2) is 24.1 Å². The van der Waals surface area contributed by atoms with Crippen molar-refractivity contribution < 1.29 is 19.2 Å². The number of hydrogen-bond acceptors (Lipinski definition) is 4. The summed E-state index contributed by atoms with van der Waals surface area (Å²) in [7, 11) is 0. The van der Waals surface area contributed by atoms with E-state index in [0.29, 0.717) is 38.3 Å². The molecule has 0 fully saturated rings. The van der Waals surface area contributed by atoms with Gasteiger partial charge in [0.2, 0.25) is 11.6 Å². The second-order valence-electron chi connectivity index (χ2n) is 5.94. The Balaban J connectivity index is 5.18. The summed E-state index contributed by atoms with van der Waals surface area (Å²) in [4.78, 5) is 47.2. The number of unbranched alkanes of at least 4 members (excludes halogenated alkanes) is 2. The molecule has 0 saturated heterocycles. The Bertz CT molecular complexity index is 339. The molecule has 0 aliphatic carbocycles. The third-order valence-electron chi connectivity index (χ3n) is 3.86. The van der Waals surface area contributed by atoms with Gasteiger partial charge in [0.25, 0.3) is 0 Å². The van der Waals surface area contributed by atoms with Crippen LogP contribution in [0.2, 0.25) is 0 Å². The summed E-state index contributed by atoms with van der Waals surface area (Å²) in [5, 5.41) is 0. The van der Waals surface area contributed by atoms with Gasteiger partial charge in [0.1, 0.15) is 12.6 Å². The Morgan fingerprint density at radius 1 is 0.800 bits per heavy atom. The van der Waals surface area contributed by atoms with E-state index in [1.54, 1.807) is 0 Å². The fraction of sp³-hybridized carbons (Fsp3) is 0.750. The first-order valence-electron chi connectivity index (χ1n) is 7.33. The molecule has 0 amide bonds. The summed E-state index contributed by atoms with van der Waals surface area (Å²) in [5.74, 6) is -1.46. The Morgan fingerprint density at radius 3 is 1.30 bits per heavy atom. The van der Waals surface area contributed by atoms with Crippen LogP contribution in [0.25, 0.3) is 0 Å². The highest BCUT2D eigenvalue weighted by Gasteiger charge is 2.44. The van der Waals surface area contributed by atoms with E-state index in [1.165, 1.54) is 13.8 Å². The second-order valence-corrected chi connectivity index (χ2v) is 5.94. The monoisotopic (exact) mass is 282 g/mol. The molecule has 0 aliphatic rings. The van der Waals surface area contributed by atoms with Crippen molar-refractivity contribution in [2.75, 3.05) is 0 Å². The fourth-order valence-electron chi connectivity index (χ4n) is 2.06. The largest absolute Gasteiger partial charge is 0.302 e. The van der Waals surface area contributed by atoms with Crippen LogP contribution in [0.15, 0.2) is 0 Å². The van der Waals surface area contributed by atoms with E-state index in [0.717, 1.165) is 12.8 Å². The highest BCUT2D eigenvalue weighted by molar-refractivity contribution is 6.45. The predicted molar refractivity (Wildman–Crippen MR) is 77.4 cm³/mol. The minimum absolute atomic E-state index is 0.348. The zero-order valence-corrected chi connectivity index (χ0v) is 13.0. The topological polar surface area (TPSA) is 68.3 Å². The van der Waals surface area contributed by atoms with E-state index < -0.39 is 22.4 Å². The molecule has 0 aromatic rings. The molecule has 0 bridgehead atoms. The average Bonchev–Trinajstić information content (AvgIpc) is 2.48. The van der Waals surface area contributed by atoms with Gasteiger partial charge in [-0.15, -0.1) is 0 Å². The maximum absolute atomic E-state index is 12.3. The van der Waals surface area contributed by atoms with Crippen molar-refractivity contribution in [1.82, 2.24) is 0 Å². The normalized spacial score (nSPS) is 16.8. The SMILES string of the molecule is CCCCC(C)(C=O)C(=O)C(=O)C(C)(C=O)CCCC. The molecule has 4 nitrogen and oxygen atoms in total. The van der Waals surface area contributed by atoms with Crippen molar-refractivity contribution in [2.45, 2.75) is 66.2 Å². The maximum Gasteiger partial charge on any atom is 0.212 e. The molecule has 0 rings (SSSR count). The zero-order valence-electron chi connectivity index (χ0n) is 13.0. The average molecular weight is 282 g/mol. The van der Waals surface area contributed by atoms with Crippen molar-refractivity contribution in [3.8, 4) is 0 Å². The molecule has 2 unspecified atom stereocenters. The van der Waals surface area contributed by atoms with Crippen LogP contribution < -0.4 is 0 Å². The third kappa shape index (κ3) is 4.36. The molecule has 0 saturated carbocycles. The number of rotatable bonds is 11. The molecule has 0 aromatic heterocycles. The summed E-state index contributed by atoms with van der Waals surface area (Å²) < 4.78 is 0. The molecular formula is C16H26O4. The van der Waals surface area contributed by atoms with Crippen molar-refractivity contribution in [3.05, 3.63) is 0 Å². The van der Waals surface area contributed by atoms with E-state index in [2.05, 4.69) is 0 Å². The lowest BCUT2D eigenvalue weighted by Crippen LogP contribution is -2.44. The number of hydrogen-bond donors (Lipinski definition) is 0. The fourth-order valence-corrected chi connectivity index (χ4v) is 2.06. The van der Waals surface area contributed by atoms with Gasteiger partial charge in [-0.3, -0.25) is 9.59 Å². The van der Waals surface area contributed by atoms with Crippen LogP contribution in [0.5, 0.6) is 0 Å². The molecule has 20 heavy (non-hydrogen) atoms. The summed E-state index contributed by atoms with van der Waals surface area (Å²) in [6.07, 6.45) is 4.86. The van der Waals surface area contributed by atoms with E-state index >= 15 is 0 Å². The van der Waals surface area contributed by atoms with Gasteiger partial charge in [-0.25, -0.2) is 0 Å². The summed E-state index contributed by atoms with van der Waals surface area (Å²) >= 11 is 0. The van der Waals surface area contributed by atoms with Crippen molar-refractivity contribution >= 4 is 24.1 Å². The molecule has 2 atom stereocenters. The predicted octanol–water partition coefficient (Wildman–Crippen LogP) is 2.92. The van der Waals surface area contributed by atoms with Crippen LogP contribution in [0.1, 0.15) is 66.2 Å². The molecule has 4 heteroatoms. The first-order chi connectivity index (χ1) is 9.31. The lowest BCUT2D eigenvalue weighted by atomic mass is 9.72. The van der Waals surface area contributed by atoms with E-state index in [4.69, 9.17) is 0 Å². The number of ketones is 2. The lowest BCUT2D eigenvalue weighted by molar-refractivity contribution is -0.151. The van der Waals surface area contributed by atoms with Crippen LogP contribution >= 0.6 is 0 Å². The first kappa shape index (κ1) is 18.7. The van der Waals surface area contributed by atoms with Gasteiger partial charge >= 0.3 is 0 Å². The van der Waals surface area contributed by atoms with Crippen LogP contribution in [-0.2, 0) is 19.2 Å². The highest BCUT2D eigenvalue weighted by Crippen LogP contribution is 2.30. The number of aldehydes is 2. The maximum atomic E-state index is 12.3. The van der Waals surface area contributed by atoms with Gasteiger partial charge in [-0.2, -0.15) is 0 Å². The standard InChI is InChI=1S/C16H26O4/c1-5-7-9-15(3,11-17)13(19)14(20)16(4,12-18)10-8-6-2/h11-12H,5-10H2,1-4H3. The zero-order chi connectivity index (χ0) is 15.8. The number of carbonyl (C=O) groups excluding carboxylic acids is 4. The van der Waals surface area contributed by atoms with E-state index in [9.17, 15) is 19.2 Å². The Morgan fingerprint density at radius 2 is 1.10 bits per heavy atom. The lowest BCUT2D eigenvalue weighted by Gasteiger charge is -2.26. The Labute approximate surface area is 121 Å². The molecule has 0 radical (unpaired) electrons. The number of carbonyl (C=O) groups is 4. The van der Waals surface area contributed by atoms with Gasteiger partial charge in [0, 0.05) is 0 Å². The van der Waals surface area contributed by atoms with Gasteiger partial charge in [0.05, 0.1) is 10.8 Å². The van der Waals surface area contributed by atoms with Crippen molar-refractivity contribution in [1.29, 1.82) is 0 Å². The molecule has 0 aromatic carbocycles. The highest BCUT2D eigenvalue weighted by atomic mass is 16.2. The molecule has 0 heterocycles. The Hall–Kier alpha value is -1.32. The molecule has 114 valence electrons. The van der Waals surface area contributed by atoms with Crippen molar-refractivity contribution in [3.63, 3.8) is 0 Å². The molecular weight excluding hydrogens is 256 g/mol. The summed E-state index contributed by atoms with van der Waals surface area (Å²) in [6.45, 7) is 6.88. The number of Topliss-reactive ketones (excluding diaryl/α,β-unsaturated/α-hetero) is 2. The summed E-state index contributed by atoms with van der Waals surface area (Å²) in [5.41, 5.74) is -2.60.